The molecule has 4 aromatic rings. The number of hydrogen-bond acceptors (Lipinski definition) is 8. The molecule has 0 saturated heterocycles. The molecule has 0 aliphatic carbocycles. The maximum absolute atomic E-state index is 12.2. The highest BCUT2D eigenvalue weighted by molar-refractivity contribution is 7.99. The summed E-state index contributed by atoms with van der Waals surface area (Å²) in [6, 6.07) is 14.9. The van der Waals surface area contributed by atoms with E-state index in [1.54, 1.807) is 28.9 Å². The maximum Gasteiger partial charge on any atom is 0.271 e. The van der Waals surface area contributed by atoms with Gasteiger partial charge in [-0.25, -0.2) is 0 Å². The molecule has 0 unspecified atom stereocenters. The van der Waals surface area contributed by atoms with Crippen LogP contribution in [0.5, 0.6) is 0 Å². The minimum Gasteiger partial charge on any atom is -0.325 e. The lowest BCUT2D eigenvalue weighted by Crippen LogP contribution is -2.14. The van der Waals surface area contributed by atoms with Crippen LogP contribution in [-0.2, 0) is 4.79 Å². The number of aromatic nitrogens is 5. The summed E-state index contributed by atoms with van der Waals surface area (Å²) in [7, 11) is 0. The van der Waals surface area contributed by atoms with Crippen molar-refractivity contribution in [3.8, 4) is 11.4 Å². The van der Waals surface area contributed by atoms with Gasteiger partial charge in [0, 0.05) is 24.0 Å². The van der Waals surface area contributed by atoms with Crippen LogP contribution in [-0.4, -0.2) is 41.4 Å². The largest absolute Gasteiger partial charge is 0.325 e. The van der Waals surface area contributed by atoms with Crippen molar-refractivity contribution in [3.05, 3.63) is 70.9 Å². The maximum atomic E-state index is 12.2. The summed E-state index contributed by atoms with van der Waals surface area (Å²) in [6.07, 6.45) is 1.68. The second-order valence-corrected chi connectivity index (χ2v) is 6.77. The standard InChI is InChI=1S/C18H13N7O3S/c26-17(20-12-4-3-5-13(10-12)25(27)28)11-29-18-22-21-16-8-7-15(23-24(16)18)14-6-1-2-9-19-14/h1-10H,11H2,(H,20,26). The molecule has 0 aliphatic heterocycles. The number of carbonyl (C=O) groups excluding carboxylic acids is 1. The number of non-ortho nitro benzene ring substituents is 1. The predicted octanol–water partition coefficient (Wildman–Crippen LogP) is 2.83. The van der Waals surface area contributed by atoms with Crippen LogP contribution in [0.15, 0.2) is 66.0 Å². The van der Waals surface area contributed by atoms with Crippen LogP contribution in [0.2, 0.25) is 0 Å². The fourth-order valence-corrected chi connectivity index (χ4v) is 3.22. The van der Waals surface area contributed by atoms with Crippen LogP contribution in [0.1, 0.15) is 0 Å². The SMILES string of the molecule is O=C(CSc1nnc2ccc(-c3ccccn3)nn12)Nc1cccc([N+](=O)[O-])c1. The Hall–Kier alpha value is -3.86. The smallest absolute Gasteiger partial charge is 0.271 e. The molecule has 0 bridgehead atoms. The van der Waals surface area contributed by atoms with E-state index in [1.807, 2.05) is 18.2 Å². The number of rotatable bonds is 6. The number of nitrogens with zero attached hydrogens (tertiary/aromatic N) is 6. The van der Waals surface area contributed by atoms with E-state index >= 15 is 0 Å². The van der Waals surface area contributed by atoms with E-state index in [4.69, 9.17) is 0 Å². The average Bonchev–Trinajstić information content (AvgIpc) is 3.15. The van der Waals surface area contributed by atoms with Gasteiger partial charge in [-0.3, -0.25) is 19.9 Å². The number of amides is 1. The molecule has 10 nitrogen and oxygen atoms in total. The number of nitro groups is 1. The van der Waals surface area contributed by atoms with Gasteiger partial charge >= 0.3 is 0 Å². The third-order valence-corrected chi connectivity index (χ3v) is 4.75. The molecule has 0 fully saturated rings. The summed E-state index contributed by atoms with van der Waals surface area (Å²) in [6.45, 7) is 0. The highest BCUT2D eigenvalue weighted by Gasteiger charge is 2.13. The second-order valence-electron chi connectivity index (χ2n) is 5.83. The van der Waals surface area contributed by atoms with Gasteiger partial charge in [-0.2, -0.15) is 9.61 Å². The minimum absolute atomic E-state index is 0.0407. The minimum atomic E-state index is -0.516. The van der Waals surface area contributed by atoms with Crippen LogP contribution in [0.4, 0.5) is 11.4 Å². The molecule has 0 saturated carbocycles. The fourth-order valence-electron chi connectivity index (χ4n) is 2.53. The molecule has 3 aromatic heterocycles. The molecule has 4 rings (SSSR count). The zero-order valence-corrected chi connectivity index (χ0v) is 15.6. The Kier molecular flexibility index (Phi) is 5.12. The Morgan fingerprint density at radius 1 is 1.10 bits per heavy atom. The normalized spacial score (nSPS) is 10.8. The van der Waals surface area contributed by atoms with Gasteiger partial charge in [0.25, 0.3) is 5.69 Å². The van der Waals surface area contributed by atoms with Crippen molar-refractivity contribution in [2.24, 2.45) is 0 Å². The van der Waals surface area contributed by atoms with Gasteiger partial charge in [0.15, 0.2) is 5.65 Å². The lowest BCUT2D eigenvalue weighted by Gasteiger charge is -2.05. The van der Waals surface area contributed by atoms with E-state index in [2.05, 4.69) is 25.6 Å². The van der Waals surface area contributed by atoms with Gasteiger partial charge in [-0.05, 0) is 30.3 Å². The van der Waals surface area contributed by atoms with Crippen molar-refractivity contribution in [3.63, 3.8) is 0 Å². The van der Waals surface area contributed by atoms with Crippen molar-refractivity contribution >= 4 is 34.7 Å². The lowest BCUT2D eigenvalue weighted by atomic mass is 10.2. The number of benzene rings is 1. The van der Waals surface area contributed by atoms with Crippen LogP contribution >= 0.6 is 11.8 Å². The monoisotopic (exact) mass is 407 g/mol. The molecular weight excluding hydrogens is 394 g/mol. The van der Waals surface area contributed by atoms with E-state index in [0.29, 0.717) is 27.9 Å². The molecule has 1 aromatic carbocycles. The first-order valence-corrected chi connectivity index (χ1v) is 9.40. The predicted molar refractivity (Wildman–Crippen MR) is 106 cm³/mol. The summed E-state index contributed by atoms with van der Waals surface area (Å²) >= 11 is 1.16. The molecule has 29 heavy (non-hydrogen) atoms. The van der Waals surface area contributed by atoms with Gasteiger partial charge in [-0.1, -0.05) is 23.9 Å². The summed E-state index contributed by atoms with van der Waals surface area (Å²) in [4.78, 5) is 26.8. The lowest BCUT2D eigenvalue weighted by molar-refractivity contribution is -0.384. The van der Waals surface area contributed by atoms with Crippen LogP contribution in [0, 0.1) is 10.1 Å². The van der Waals surface area contributed by atoms with Gasteiger partial charge < -0.3 is 5.32 Å². The highest BCUT2D eigenvalue weighted by Crippen LogP contribution is 2.21. The van der Waals surface area contributed by atoms with Crippen molar-refractivity contribution in [2.75, 3.05) is 11.1 Å². The van der Waals surface area contributed by atoms with E-state index in [0.717, 1.165) is 11.8 Å². The summed E-state index contributed by atoms with van der Waals surface area (Å²) in [5.74, 6) is -0.285. The van der Waals surface area contributed by atoms with Crippen molar-refractivity contribution in [1.82, 2.24) is 24.8 Å². The molecule has 0 atom stereocenters. The Morgan fingerprint density at radius 2 is 2.00 bits per heavy atom. The number of thioether (sulfide) groups is 1. The zero-order valence-electron chi connectivity index (χ0n) is 14.8. The molecule has 0 radical (unpaired) electrons. The summed E-state index contributed by atoms with van der Waals surface area (Å²) in [5.41, 5.74) is 2.17. The van der Waals surface area contributed by atoms with Crippen LogP contribution in [0.3, 0.4) is 0 Å². The number of pyridine rings is 1. The van der Waals surface area contributed by atoms with Crippen LogP contribution < -0.4 is 5.32 Å². The van der Waals surface area contributed by atoms with Crippen LogP contribution in [0.25, 0.3) is 17.0 Å². The second kappa shape index (κ2) is 8.02. The van der Waals surface area contributed by atoms with E-state index in [-0.39, 0.29) is 17.3 Å². The van der Waals surface area contributed by atoms with Gasteiger partial charge in [-0.15, -0.1) is 10.2 Å². The molecule has 11 heteroatoms. The van der Waals surface area contributed by atoms with Gasteiger partial charge in [0.1, 0.15) is 5.69 Å². The third kappa shape index (κ3) is 4.19. The fraction of sp³-hybridized carbons (Fsp3) is 0.0556. The Bertz CT molecular complexity index is 1200. The summed E-state index contributed by atoms with van der Waals surface area (Å²) < 4.78 is 1.55. The first-order valence-electron chi connectivity index (χ1n) is 8.41. The molecule has 0 spiro atoms. The van der Waals surface area contributed by atoms with E-state index in [9.17, 15) is 14.9 Å². The molecule has 1 N–H and O–H groups in total. The average molecular weight is 407 g/mol. The molecular formula is C18H13N7O3S. The van der Waals surface area contributed by atoms with Crippen molar-refractivity contribution in [2.45, 2.75) is 5.16 Å². The highest BCUT2D eigenvalue weighted by atomic mass is 32.2. The molecule has 0 aliphatic rings. The first kappa shape index (κ1) is 18.5. The third-order valence-electron chi connectivity index (χ3n) is 3.83. The quantitative estimate of drug-likeness (QED) is 0.293. The van der Waals surface area contributed by atoms with E-state index < -0.39 is 4.92 Å². The molecule has 144 valence electrons. The van der Waals surface area contributed by atoms with Crippen molar-refractivity contribution < 1.29 is 9.72 Å². The first-order chi connectivity index (χ1) is 14.1. The number of hydrogen-bond donors (Lipinski definition) is 1. The van der Waals surface area contributed by atoms with E-state index in [1.165, 1.54) is 18.2 Å². The Balaban J connectivity index is 1.47. The number of nitro benzene ring substituents is 1. The summed E-state index contributed by atoms with van der Waals surface area (Å²) in [5, 5.41) is 26.5. The molecule has 1 amide bonds. The Labute approximate surface area is 168 Å². The number of fused-ring (bicyclic) bond motifs is 1. The number of anilines is 1. The topological polar surface area (TPSA) is 128 Å². The van der Waals surface area contributed by atoms with Gasteiger partial charge in [0.05, 0.1) is 16.4 Å². The number of nitrogens with one attached hydrogen (secondary N) is 1. The number of carbonyl (C=O) groups is 1. The van der Waals surface area contributed by atoms with Crippen molar-refractivity contribution in [1.29, 1.82) is 0 Å². The van der Waals surface area contributed by atoms with Gasteiger partial charge in [0.2, 0.25) is 11.1 Å². The Morgan fingerprint density at radius 3 is 2.79 bits per heavy atom. The molecule has 3 heterocycles. The zero-order chi connectivity index (χ0) is 20.2.